The van der Waals surface area contributed by atoms with Gasteiger partial charge < -0.3 is 10.6 Å². The second-order valence-corrected chi connectivity index (χ2v) is 6.97. The molecule has 0 aromatic heterocycles. The minimum atomic E-state index is 0. The van der Waals surface area contributed by atoms with E-state index in [4.69, 9.17) is 5.73 Å². The molecule has 1 saturated carbocycles. The summed E-state index contributed by atoms with van der Waals surface area (Å²) >= 11 is 0. The summed E-state index contributed by atoms with van der Waals surface area (Å²) in [7, 11) is 0. The van der Waals surface area contributed by atoms with Crippen molar-refractivity contribution in [1.82, 2.24) is 4.90 Å². The highest BCUT2D eigenvalue weighted by atomic mass is 35.5. The van der Waals surface area contributed by atoms with Crippen molar-refractivity contribution >= 4 is 12.4 Å². The summed E-state index contributed by atoms with van der Waals surface area (Å²) in [6.45, 7) is 6.27. The van der Waals surface area contributed by atoms with E-state index in [2.05, 4.69) is 11.8 Å². The van der Waals surface area contributed by atoms with Gasteiger partial charge in [0, 0.05) is 19.1 Å². The normalized spacial score (nSPS) is 31.8. The van der Waals surface area contributed by atoms with Gasteiger partial charge in [0.2, 0.25) is 0 Å². The second-order valence-electron chi connectivity index (χ2n) is 6.97. The lowest BCUT2D eigenvalue weighted by molar-refractivity contribution is 0.124. The molecule has 3 heteroatoms. The molecule has 1 heterocycles. The standard InChI is InChI=1S/C17H34N2.ClH/c1-2-3-4-8-15-9-7-12-19(13-15)14-16-10-5-6-11-17(16)18;/h15-17H,2-14,18H2,1H3;1H/t15-,16?,17?;/m1./s1. The van der Waals surface area contributed by atoms with E-state index in [1.165, 1.54) is 83.8 Å². The van der Waals surface area contributed by atoms with E-state index in [-0.39, 0.29) is 12.4 Å². The first-order chi connectivity index (χ1) is 9.29. The molecule has 1 aliphatic heterocycles. The van der Waals surface area contributed by atoms with Crippen molar-refractivity contribution in [3.8, 4) is 0 Å². The average Bonchev–Trinajstić information content (AvgIpc) is 2.42. The molecule has 2 unspecified atom stereocenters. The summed E-state index contributed by atoms with van der Waals surface area (Å²) in [5.74, 6) is 1.75. The second kappa shape index (κ2) is 10.0. The molecule has 0 amide bonds. The third-order valence-electron chi connectivity index (χ3n) is 5.28. The first-order valence-corrected chi connectivity index (χ1v) is 8.77. The molecule has 0 radical (unpaired) electrons. The van der Waals surface area contributed by atoms with Gasteiger partial charge >= 0.3 is 0 Å². The molecule has 2 fully saturated rings. The topological polar surface area (TPSA) is 29.3 Å². The number of nitrogens with two attached hydrogens (primary N) is 1. The van der Waals surface area contributed by atoms with Crippen molar-refractivity contribution in [1.29, 1.82) is 0 Å². The number of halogens is 1. The molecular formula is C17H35ClN2. The Kier molecular flexibility index (Phi) is 9.15. The van der Waals surface area contributed by atoms with E-state index < -0.39 is 0 Å². The molecule has 120 valence electrons. The van der Waals surface area contributed by atoms with Crippen LogP contribution in [-0.4, -0.2) is 30.6 Å². The highest BCUT2D eigenvalue weighted by molar-refractivity contribution is 5.85. The lowest BCUT2D eigenvalue weighted by Gasteiger charge is -2.38. The van der Waals surface area contributed by atoms with Gasteiger partial charge in [0.15, 0.2) is 0 Å². The van der Waals surface area contributed by atoms with Crippen LogP contribution in [0.2, 0.25) is 0 Å². The molecule has 20 heavy (non-hydrogen) atoms. The summed E-state index contributed by atoms with van der Waals surface area (Å²) in [5, 5.41) is 0. The van der Waals surface area contributed by atoms with Gasteiger partial charge in [-0.1, -0.05) is 39.0 Å². The van der Waals surface area contributed by atoms with Crippen LogP contribution in [-0.2, 0) is 0 Å². The number of rotatable bonds is 6. The average molecular weight is 303 g/mol. The maximum atomic E-state index is 6.30. The zero-order valence-corrected chi connectivity index (χ0v) is 14.2. The monoisotopic (exact) mass is 302 g/mol. The number of unbranched alkanes of at least 4 members (excludes halogenated alkanes) is 2. The third kappa shape index (κ3) is 5.91. The largest absolute Gasteiger partial charge is 0.327 e. The van der Waals surface area contributed by atoms with Gasteiger partial charge in [0.1, 0.15) is 0 Å². The predicted octanol–water partition coefficient (Wildman–Crippen LogP) is 4.22. The first-order valence-electron chi connectivity index (χ1n) is 8.77. The fourth-order valence-corrected chi connectivity index (χ4v) is 4.03. The Bertz CT molecular complexity index is 247. The number of likely N-dealkylation sites (tertiary alicyclic amines) is 1. The van der Waals surface area contributed by atoms with E-state index in [1.807, 2.05) is 0 Å². The molecule has 1 saturated heterocycles. The Morgan fingerprint density at radius 1 is 1.05 bits per heavy atom. The van der Waals surface area contributed by atoms with Gasteiger partial charge in [-0.2, -0.15) is 0 Å². The van der Waals surface area contributed by atoms with Crippen LogP contribution in [0.5, 0.6) is 0 Å². The van der Waals surface area contributed by atoms with Gasteiger partial charge in [0.25, 0.3) is 0 Å². The summed E-state index contributed by atoms with van der Waals surface area (Å²) in [4.78, 5) is 2.73. The van der Waals surface area contributed by atoms with Crippen LogP contribution in [0, 0.1) is 11.8 Å². The molecule has 0 bridgehead atoms. The summed E-state index contributed by atoms with van der Waals surface area (Å²) < 4.78 is 0. The predicted molar refractivity (Wildman–Crippen MR) is 90.5 cm³/mol. The fraction of sp³-hybridized carbons (Fsp3) is 1.00. The fourth-order valence-electron chi connectivity index (χ4n) is 4.03. The zero-order valence-electron chi connectivity index (χ0n) is 13.4. The van der Waals surface area contributed by atoms with Crippen molar-refractivity contribution in [3.05, 3.63) is 0 Å². The van der Waals surface area contributed by atoms with Gasteiger partial charge in [-0.25, -0.2) is 0 Å². The van der Waals surface area contributed by atoms with E-state index in [1.54, 1.807) is 0 Å². The van der Waals surface area contributed by atoms with E-state index in [0.29, 0.717) is 6.04 Å². The maximum absolute atomic E-state index is 6.30. The minimum Gasteiger partial charge on any atom is -0.327 e. The van der Waals surface area contributed by atoms with Gasteiger partial charge in [0.05, 0.1) is 0 Å². The highest BCUT2D eigenvalue weighted by Gasteiger charge is 2.26. The molecule has 0 spiro atoms. The van der Waals surface area contributed by atoms with Crippen LogP contribution in [0.3, 0.4) is 0 Å². The van der Waals surface area contributed by atoms with Crippen LogP contribution >= 0.6 is 12.4 Å². The number of nitrogens with zero attached hydrogens (tertiary/aromatic N) is 1. The first kappa shape index (κ1) is 18.3. The molecule has 2 nitrogen and oxygen atoms in total. The molecule has 3 atom stereocenters. The smallest absolute Gasteiger partial charge is 0.00793 e. The van der Waals surface area contributed by atoms with Crippen LogP contribution in [0.1, 0.15) is 71.1 Å². The quantitative estimate of drug-likeness (QED) is 0.744. The van der Waals surface area contributed by atoms with Crippen molar-refractivity contribution in [3.63, 3.8) is 0 Å². The maximum Gasteiger partial charge on any atom is 0.00793 e. The Balaban J connectivity index is 0.00000200. The molecular weight excluding hydrogens is 268 g/mol. The Hall–Kier alpha value is 0.210. The molecule has 2 N–H and O–H groups in total. The highest BCUT2D eigenvalue weighted by Crippen LogP contribution is 2.27. The number of hydrogen-bond donors (Lipinski definition) is 1. The SMILES string of the molecule is CCCCC[C@@H]1CCCN(CC2CCCCC2N)C1.Cl. The van der Waals surface area contributed by atoms with E-state index >= 15 is 0 Å². The zero-order chi connectivity index (χ0) is 13.5. The van der Waals surface area contributed by atoms with Crippen LogP contribution in [0.4, 0.5) is 0 Å². The Labute approximate surface area is 132 Å². The van der Waals surface area contributed by atoms with E-state index in [9.17, 15) is 0 Å². The van der Waals surface area contributed by atoms with Gasteiger partial charge in [-0.05, 0) is 50.5 Å². The molecule has 2 aliphatic rings. The lowest BCUT2D eigenvalue weighted by Crippen LogP contribution is -2.44. The van der Waals surface area contributed by atoms with Crippen molar-refractivity contribution in [2.24, 2.45) is 17.6 Å². The van der Waals surface area contributed by atoms with Crippen molar-refractivity contribution in [2.75, 3.05) is 19.6 Å². The number of hydrogen-bond acceptors (Lipinski definition) is 2. The Morgan fingerprint density at radius 3 is 2.60 bits per heavy atom. The molecule has 2 rings (SSSR count). The van der Waals surface area contributed by atoms with E-state index in [0.717, 1.165) is 11.8 Å². The van der Waals surface area contributed by atoms with Crippen LogP contribution < -0.4 is 5.73 Å². The number of piperidine rings is 1. The minimum absolute atomic E-state index is 0. The summed E-state index contributed by atoms with van der Waals surface area (Å²) in [6, 6.07) is 0.481. The molecule has 0 aromatic rings. The van der Waals surface area contributed by atoms with Crippen LogP contribution in [0.25, 0.3) is 0 Å². The van der Waals surface area contributed by atoms with Crippen LogP contribution in [0.15, 0.2) is 0 Å². The van der Waals surface area contributed by atoms with Gasteiger partial charge in [-0.3, -0.25) is 0 Å². The summed E-state index contributed by atoms with van der Waals surface area (Å²) in [6.07, 6.45) is 14.0. The third-order valence-corrected chi connectivity index (χ3v) is 5.28. The Morgan fingerprint density at radius 2 is 1.85 bits per heavy atom. The lowest BCUT2D eigenvalue weighted by atomic mass is 9.84. The summed E-state index contributed by atoms with van der Waals surface area (Å²) in [5.41, 5.74) is 6.30. The van der Waals surface area contributed by atoms with Crippen molar-refractivity contribution < 1.29 is 0 Å². The molecule has 1 aliphatic carbocycles. The molecule has 0 aromatic carbocycles. The van der Waals surface area contributed by atoms with Gasteiger partial charge in [-0.15, -0.1) is 12.4 Å². The van der Waals surface area contributed by atoms with Crippen molar-refractivity contribution in [2.45, 2.75) is 77.2 Å².